The van der Waals surface area contributed by atoms with Crippen LogP contribution in [0.5, 0.6) is 0 Å². The predicted molar refractivity (Wildman–Crippen MR) is 47.1 cm³/mol. The number of hydrogen-bond acceptors (Lipinski definition) is 4. The van der Waals surface area contributed by atoms with Crippen molar-refractivity contribution in [3.05, 3.63) is 0 Å². The molecule has 0 aliphatic carbocycles. The van der Waals surface area contributed by atoms with Crippen LogP contribution in [0.1, 0.15) is 0 Å². The molecule has 0 aliphatic heterocycles. The van der Waals surface area contributed by atoms with Crippen LogP contribution in [0.4, 0.5) is 0 Å². The van der Waals surface area contributed by atoms with Crippen LogP contribution in [0.15, 0.2) is 0 Å². The van der Waals surface area contributed by atoms with Gasteiger partial charge in [0.1, 0.15) is 0 Å². The van der Waals surface area contributed by atoms with Crippen LogP contribution in [0.2, 0.25) is 0 Å². The second-order valence-electron chi connectivity index (χ2n) is 2.18. The SMILES string of the molecule is COCCOCC(O)CSC. The van der Waals surface area contributed by atoms with Gasteiger partial charge >= 0.3 is 0 Å². The first kappa shape index (κ1) is 11.2. The summed E-state index contributed by atoms with van der Waals surface area (Å²) >= 11 is 1.61. The molecule has 0 fully saturated rings. The topological polar surface area (TPSA) is 38.7 Å². The molecule has 0 heterocycles. The van der Waals surface area contributed by atoms with E-state index in [1.807, 2.05) is 6.26 Å². The second-order valence-corrected chi connectivity index (χ2v) is 3.09. The molecule has 1 N–H and O–H groups in total. The van der Waals surface area contributed by atoms with Gasteiger partial charge in [-0.25, -0.2) is 0 Å². The molecule has 0 bridgehead atoms. The molecule has 1 unspecified atom stereocenters. The van der Waals surface area contributed by atoms with E-state index in [4.69, 9.17) is 14.6 Å². The van der Waals surface area contributed by atoms with E-state index in [0.29, 0.717) is 19.8 Å². The normalized spacial score (nSPS) is 13.4. The summed E-state index contributed by atoms with van der Waals surface area (Å²) in [6, 6.07) is 0. The molecule has 1 atom stereocenters. The summed E-state index contributed by atoms with van der Waals surface area (Å²) in [4.78, 5) is 0. The highest BCUT2D eigenvalue weighted by atomic mass is 32.2. The van der Waals surface area contributed by atoms with Gasteiger partial charge in [-0.3, -0.25) is 0 Å². The van der Waals surface area contributed by atoms with Gasteiger partial charge in [0.05, 0.1) is 25.9 Å². The van der Waals surface area contributed by atoms with E-state index >= 15 is 0 Å². The lowest BCUT2D eigenvalue weighted by Gasteiger charge is -2.08. The average Bonchev–Trinajstić information content (AvgIpc) is 1.99. The first-order valence-electron chi connectivity index (χ1n) is 3.55. The van der Waals surface area contributed by atoms with Crippen molar-refractivity contribution in [2.45, 2.75) is 6.10 Å². The second kappa shape index (κ2) is 8.33. The smallest absolute Gasteiger partial charge is 0.0863 e. The van der Waals surface area contributed by atoms with Gasteiger partial charge in [0.15, 0.2) is 0 Å². The number of hydrogen-bond donors (Lipinski definition) is 1. The number of ether oxygens (including phenoxy) is 2. The van der Waals surface area contributed by atoms with Gasteiger partial charge in [0.2, 0.25) is 0 Å². The molecule has 0 spiro atoms. The Morgan fingerprint density at radius 3 is 2.73 bits per heavy atom. The molecule has 0 aromatic heterocycles. The Bertz CT molecular complexity index is 80.1. The lowest BCUT2D eigenvalue weighted by Crippen LogP contribution is -2.19. The van der Waals surface area contributed by atoms with Crippen molar-refractivity contribution in [1.82, 2.24) is 0 Å². The molecule has 0 saturated carbocycles. The summed E-state index contributed by atoms with van der Waals surface area (Å²) in [5, 5.41) is 9.16. The van der Waals surface area contributed by atoms with Crippen LogP contribution >= 0.6 is 11.8 Å². The summed E-state index contributed by atoms with van der Waals surface area (Å²) in [5.41, 5.74) is 0. The van der Waals surface area contributed by atoms with E-state index in [0.717, 1.165) is 5.75 Å². The van der Waals surface area contributed by atoms with Gasteiger partial charge in [-0.05, 0) is 6.26 Å². The summed E-state index contributed by atoms with van der Waals surface area (Å²) in [6.45, 7) is 1.55. The zero-order valence-corrected chi connectivity index (χ0v) is 7.89. The number of aliphatic hydroxyl groups is 1. The van der Waals surface area contributed by atoms with Crippen molar-refractivity contribution >= 4 is 11.8 Å². The lowest BCUT2D eigenvalue weighted by atomic mass is 10.4. The van der Waals surface area contributed by atoms with Crippen molar-refractivity contribution in [3.8, 4) is 0 Å². The Morgan fingerprint density at radius 2 is 2.18 bits per heavy atom. The van der Waals surface area contributed by atoms with E-state index in [9.17, 15) is 0 Å². The van der Waals surface area contributed by atoms with Crippen LogP contribution in [0, 0.1) is 0 Å². The summed E-state index contributed by atoms with van der Waals surface area (Å²) in [6.07, 6.45) is 1.61. The fourth-order valence-corrected chi connectivity index (χ4v) is 1.08. The first-order valence-corrected chi connectivity index (χ1v) is 4.94. The Morgan fingerprint density at radius 1 is 1.45 bits per heavy atom. The molecule has 0 aromatic carbocycles. The van der Waals surface area contributed by atoms with Crippen LogP contribution in [-0.2, 0) is 9.47 Å². The van der Waals surface area contributed by atoms with Crippen LogP contribution in [0.25, 0.3) is 0 Å². The van der Waals surface area contributed by atoms with Gasteiger partial charge in [0.25, 0.3) is 0 Å². The van der Waals surface area contributed by atoms with Crippen molar-refractivity contribution in [2.24, 2.45) is 0 Å². The minimum atomic E-state index is -0.346. The number of methoxy groups -OCH3 is 1. The third kappa shape index (κ3) is 8.13. The van der Waals surface area contributed by atoms with Crippen LogP contribution in [0.3, 0.4) is 0 Å². The average molecular weight is 180 g/mol. The minimum Gasteiger partial charge on any atom is -0.390 e. The van der Waals surface area contributed by atoms with Gasteiger partial charge in [0, 0.05) is 12.9 Å². The van der Waals surface area contributed by atoms with Crippen molar-refractivity contribution in [2.75, 3.05) is 38.9 Å². The van der Waals surface area contributed by atoms with E-state index in [1.165, 1.54) is 0 Å². The zero-order valence-electron chi connectivity index (χ0n) is 7.08. The maximum Gasteiger partial charge on any atom is 0.0863 e. The highest BCUT2D eigenvalue weighted by Gasteiger charge is 2.01. The highest BCUT2D eigenvalue weighted by Crippen LogP contribution is 1.96. The fraction of sp³-hybridized carbons (Fsp3) is 1.00. The molecule has 4 heteroatoms. The summed E-state index contributed by atoms with van der Waals surface area (Å²) < 4.78 is 9.87. The predicted octanol–water partition coefficient (Wildman–Crippen LogP) is 0.373. The molecule has 3 nitrogen and oxygen atoms in total. The standard InChI is InChI=1S/C7H16O3S/c1-9-3-4-10-5-7(8)6-11-2/h7-8H,3-6H2,1-2H3. The fourth-order valence-electron chi connectivity index (χ4n) is 0.602. The van der Waals surface area contributed by atoms with Crippen LogP contribution in [-0.4, -0.2) is 50.1 Å². The molecule has 11 heavy (non-hydrogen) atoms. The Balaban J connectivity index is 2.97. The molecular weight excluding hydrogens is 164 g/mol. The number of rotatable bonds is 7. The van der Waals surface area contributed by atoms with Gasteiger partial charge in [-0.15, -0.1) is 0 Å². The highest BCUT2D eigenvalue weighted by molar-refractivity contribution is 7.98. The molecule has 0 radical (unpaired) electrons. The van der Waals surface area contributed by atoms with Gasteiger partial charge < -0.3 is 14.6 Å². The molecule has 0 amide bonds. The molecule has 0 saturated heterocycles. The molecule has 0 rings (SSSR count). The van der Waals surface area contributed by atoms with Crippen molar-refractivity contribution < 1.29 is 14.6 Å². The van der Waals surface area contributed by atoms with E-state index in [2.05, 4.69) is 0 Å². The van der Waals surface area contributed by atoms with E-state index in [-0.39, 0.29) is 6.10 Å². The Kier molecular flexibility index (Phi) is 8.50. The largest absolute Gasteiger partial charge is 0.390 e. The maximum atomic E-state index is 9.16. The summed E-state index contributed by atoms with van der Waals surface area (Å²) in [5.74, 6) is 0.729. The zero-order chi connectivity index (χ0) is 8.53. The molecule has 0 aliphatic rings. The molecule has 68 valence electrons. The van der Waals surface area contributed by atoms with E-state index in [1.54, 1.807) is 18.9 Å². The number of thioether (sulfide) groups is 1. The molecule has 0 aromatic rings. The third-order valence-corrected chi connectivity index (χ3v) is 1.82. The van der Waals surface area contributed by atoms with Crippen molar-refractivity contribution in [3.63, 3.8) is 0 Å². The van der Waals surface area contributed by atoms with Gasteiger partial charge in [-0.2, -0.15) is 11.8 Å². The van der Waals surface area contributed by atoms with Crippen molar-refractivity contribution in [1.29, 1.82) is 0 Å². The quantitative estimate of drug-likeness (QED) is 0.575. The third-order valence-electron chi connectivity index (χ3n) is 1.10. The summed E-state index contributed by atoms with van der Waals surface area (Å²) in [7, 11) is 1.63. The molecular formula is C7H16O3S. The van der Waals surface area contributed by atoms with Crippen LogP contribution < -0.4 is 0 Å². The minimum absolute atomic E-state index is 0.346. The van der Waals surface area contributed by atoms with E-state index < -0.39 is 0 Å². The van der Waals surface area contributed by atoms with Gasteiger partial charge in [-0.1, -0.05) is 0 Å². The lowest BCUT2D eigenvalue weighted by molar-refractivity contribution is 0.0218. The monoisotopic (exact) mass is 180 g/mol. The Hall–Kier alpha value is 0.230. The number of aliphatic hydroxyl groups excluding tert-OH is 1. The first-order chi connectivity index (χ1) is 5.31. The Labute approximate surface area is 72.1 Å². The maximum absolute atomic E-state index is 9.16.